The minimum absolute atomic E-state index is 0. The molecule has 0 fully saturated rings. The molecule has 2 aromatic rings. The Morgan fingerprint density at radius 1 is 1.27 bits per heavy atom. The zero-order valence-corrected chi connectivity index (χ0v) is 13.3. The Morgan fingerprint density at radius 3 is 2.64 bits per heavy atom. The third kappa shape index (κ3) is 7.49. The third-order valence-corrected chi connectivity index (χ3v) is 2.51. The van der Waals surface area contributed by atoms with Crippen molar-refractivity contribution in [2.75, 3.05) is 33.7 Å². The summed E-state index contributed by atoms with van der Waals surface area (Å²) < 4.78 is 0. The van der Waals surface area contributed by atoms with Crippen molar-refractivity contribution in [3.63, 3.8) is 0 Å². The van der Waals surface area contributed by atoms with E-state index < -0.39 is 0 Å². The molecule has 3 N–H and O–H groups in total. The fourth-order valence-electron chi connectivity index (χ4n) is 1.49. The summed E-state index contributed by atoms with van der Waals surface area (Å²) in [5.74, 6) is 0. The smallest absolute Gasteiger partial charge is 0.130 e. The second kappa shape index (κ2) is 11.4. The molecule has 0 aliphatic heterocycles. The van der Waals surface area contributed by atoms with Crippen LogP contribution in [-0.2, 0) is 0 Å². The SMILES string of the molecule is CCN=C=NCCCN(C)C.O.On1nnc2ccccc21. The zero-order valence-electron chi connectivity index (χ0n) is 13.3. The minimum Gasteiger partial charge on any atom is -0.412 e. The van der Waals surface area contributed by atoms with Crippen molar-refractivity contribution >= 4 is 17.0 Å². The molecule has 1 aromatic heterocycles. The summed E-state index contributed by atoms with van der Waals surface area (Å²) in [5.41, 5.74) is 1.33. The normalized spacial score (nSPS) is 9.45. The second-order valence-electron chi connectivity index (χ2n) is 4.58. The molecule has 0 atom stereocenters. The first kappa shape index (κ1) is 19.7. The van der Waals surface area contributed by atoms with Crippen molar-refractivity contribution in [1.29, 1.82) is 0 Å². The number of benzene rings is 1. The van der Waals surface area contributed by atoms with Gasteiger partial charge in [0.25, 0.3) is 0 Å². The zero-order chi connectivity index (χ0) is 15.5. The van der Waals surface area contributed by atoms with E-state index in [1.165, 1.54) is 0 Å². The Morgan fingerprint density at radius 2 is 2.00 bits per heavy atom. The standard InChI is InChI=1S/C8H17N3.C6H5N3O.H2O/c1-4-9-8-10-6-5-7-11(2)3;10-9-6-4-2-1-3-5(6)7-8-9;/h4-7H2,1-3H3;1-4,10H;1H2. The van der Waals surface area contributed by atoms with Gasteiger partial charge in [-0.2, -0.15) is 0 Å². The predicted octanol–water partition coefficient (Wildman–Crippen LogP) is 0.976. The summed E-state index contributed by atoms with van der Waals surface area (Å²) >= 11 is 0. The highest BCUT2D eigenvalue weighted by Gasteiger charge is 1.98. The lowest BCUT2D eigenvalue weighted by molar-refractivity contribution is 0.155. The molecule has 0 aliphatic rings. The highest BCUT2D eigenvalue weighted by Crippen LogP contribution is 2.06. The fourth-order valence-corrected chi connectivity index (χ4v) is 1.49. The van der Waals surface area contributed by atoms with Crippen LogP contribution in [0.1, 0.15) is 13.3 Å². The summed E-state index contributed by atoms with van der Waals surface area (Å²) in [7, 11) is 4.12. The summed E-state index contributed by atoms with van der Waals surface area (Å²) in [6.45, 7) is 4.67. The largest absolute Gasteiger partial charge is 0.412 e. The van der Waals surface area contributed by atoms with Crippen LogP contribution in [-0.4, -0.2) is 70.5 Å². The van der Waals surface area contributed by atoms with E-state index in [2.05, 4.69) is 45.3 Å². The van der Waals surface area contributed by atoms with Gasteiger partial charge in [0.1, 0.15) is 11.0 Å². The lowest BCUT2D eigenvalue weighted by Crippen LogP contribution is -2.13. The van der Waals surface area contributed by atoms with Crippen LogP contribution in [0.5, 0.6) is 0 Å². The molecule has 8 nitrogen and oxygen atoms in total. The number of hydrogen-bond acceptors (Lipinski definition) is 6. The number of fused-ring (bicyclic) bond motifs is 1. The Hall–Kier alpha value is -2.28. The summed E-state index contributed by atoms with van der Waals surface area (Å²) in [5, 5.41) is 16.1. The first-order valence-corrected chi connectivity index (χ1v) is 6.87. The van der Waals surface area contributed by atoms with Gasteiger partial charge in [-0.05, 0) is 51.3 Å². The van der Waals surface area contributed by atoms with E-state index in [1.54, 1.807) is 12.1 Å². The molecule has 122 valence electrons. The summed E-state index contributed by atoms with van der Waals surface area (Å²) in [6, 6.07) is 9.83. The number of nitrogens with zero attached hydrogens (tertiary/aromatic N) is 6. The number of aliphatic imine (C=N–C) groups is 2. The van der Waals surface area contributed by atoms with Gasteiger partial charge in [-0.1, -0.05) is 17.0 Å². The van der Waals surface area contributed by atoms with Gasteiger partial charge in [0.2, 0.25) is 0 Å². The Balaban J connectivity index is 0.000000383. The molecule has 0 unspecified atom stereocenters. The van der Waals surface area contributed by atoms with E-state index >= 15 is 0 Å². The van der Waals surface area contributed by atoms with Crippen molar-refractivity contribution in [2.45, 2.75) is 13.3 Å². The average molecular weight is 308 g/mol. The first-order chi connectivity index (χ1) is 10.1. The van der Waals surface area contributed by atoms with Crippen LogP contribution in [0.3, 0.4) is 0 Å². The van der Waals surface area contributed by atoms with E-state index in [9.17, 15) is 0 Å². The average Bonchev–Trinajstić information content (AvgIpc) is 2.85. The van der Waals surface area contributed by atoms with E-state index in [1.807, 2.05) is 19.1 Å². The van der Waals surface area contributed by atoms with E-state index in [0.717, 1.165) is 30.9 Å². The molecule has 0 bridgehead atoms. The van der Waals surface area contributed by atoms with Crippen molar-refractivity contribution < 1.29 is 10.7 Å². The van der Waals surface area contributed by atoms with Gasteiger partial charge in [0, 0.05) is 6.54 Å². The second-order valence-corrected chi connectivity index (χ2v) is 4.58. The summed E-state index contributed by atoms with van der Waals surface area (Å²) in [6.07, 6.45) is 1.08. The molecular weight excluding hydrogens is 284 g/mol. The number of para-hydroxylation sites is 1. The van der Waals surface area contributed by atoms with Crippen molar-refractivity contribution in [1.82, 2.24) is 20.1 Å². The van der Waals surface area contributed by atoms with Gasteiger partial charge in [0.15, 0.2) is 0 Å². The van der Waals surface area contributed by atoms with Crippen LogP contribution in [0.4, 0.5) is 0 Å². The molecule has 0 saturated carbocycles. The Bertz CT molecular complexity index is 590. The van der Waals surface area contributed by atoms with E-state index in [4.69, 9.17) is 5.21 Å². The Kier molecular flexibility index (Phi) is 10.2. The van der Waals surface area contributed by atoms with Gasteiger partial charge in [-0.25, -0.2) is 9.98 Å². The van der Waals surface area contributed by atoms with Crippen molar-refractivity contribution in [2.24, 2.45) is 9.98 Å². The fraction of sp³-hybridized carbons (Fsp3) is 0.500. The summed E-state index contributed by atoms with van der Waals surface area (Å²) in [4.78, 5) is 10.8. The van der Waals surface area contributed by atoms with Gasteiger partial charge >= 0.3 is 0 Å². The lowest BCUT2D eigenvalue weighted by Gasteiger charge is -2.05. The number of aromatic nitrogens is 3. The molecule has 0 saturated heterocycles. The van der Waals surface area contributed by atoms with Crippen LogP contribution in [0.25, 0.3) is 11.0 Å². The molecule has 0 spiro atoms. The Labute approximate surface area is 130 Å². The van der Waals surface area contributed by atoms with Crippen LogP contribution in [0.15, 0.2) is 34.3 Å². The molecule has 2 rings (SSSR count). The van der Waals surface area contributed by atoms with Crippen molar-refractivity contribution in [3.05, 3.63) is 24.3 Å². The highest BCUT2D eigenvalue weighted by molar-refractivity contribution is 5.73. The molecule has 0 amide bonds. The highest BCUT2D eigenvalue weighted by atomic mass is 16.5. The molecular formula is C14H24N6O2. The molecule has 0 aliphatic carbocycles. The van der Waals surface area contributed by atoms with Gasteiger partial charge in [0.05, 0.1) is 12.6 Å². The van der Waals surface area contributed by atoms with Gasteiger partial charge in [-0.3, -0.25) is 0 Å². The maximum Gasteiger partial charge on any atom is 0.130 e. The first-order valence-electron chi connectivity index (χ1n) is 6.87. The van der Waals surface area contributed by atoms with E-state index in [-0.39, 0.29) is 5.48 Å². The lowest BCUT2D eigenvalue weighted by atomic mass is 10.3. The van der Waals surface area contributed by atoms with Crippen LogP contribution in [0, 0.1) is 0 Å². The maximum atomic E-state index is 8.95. The van der Waals surface area contributed by atoms with Gasteiger partial charge < -0.3 is 15.6 Å². The van der Waals surface area contributed by atoms with E-state index in [0.29, 0.717) is 11.0 Å². The quantitative estimate of drug-likeness (QED) is 0.504. The number of hydrogen-bond donors (Lipinski definition) is 1. The monoisotopic (exact) mass is 308 g/mol. The molecule has 22 heavy (non-hydrogen) atoms. The minimum atomic E-state index is 0. The molecule has 0 radical (unpaired) electrons. The predicted molar refractivity (Wildman–Crippen MR) is 86.8 cm³/mol. The molecule has 1 aromatic carbocycles. The maximum absolute atomic E-state index is 8.95. The van der Waals surface area contributed by atoms with Crippen LogP contribution in [0.2, 0.25) is 0 Å². The van der Waals surface area contributed by atoms with Gasteiger partial charge in [-0.15, -0.1) is 5.10 Å². The van der Waals surface area contributed by atoms with Crippen LogP contribution >= 0.6 is 0 Å². The molecule has 8 heteroatoms. The van der Waals surface area contributed by atoms with Crippen molar-refractivity contribution in [3.8, 4) is 0 Å². The molecule has 1 heterocycles. The van der Waals surface area contributed by atoms with Crippen LogP contribution < -0.4 is 0 Å². The number of rotatable bonds is 5. The third-order valence-electron chi connectivity index (χ3n) is 2.51. The topological polar surface area (TPSA) is 110 Å².